The van der Waals surface area contributed by atoms with Gasteiger partial charge in [0.05, 0.1) is 24.4 Å². The summed E-state index contributed by atoms with van der Waals surface area (Å²) in [5.74, 6) is -0.314. The van der Waals surface area contributed by atoms with Gasteiger partial charge in [0.2, 0.25) is 0 Å². The van der Waals surface area contributed by atoms with Gasteiger partial charge in [0, 0.05) is 17.0 Å². The molecule has 176 valence electrons. The van der Waals surface area contributed by atoms with Crippen LogP contribution in [0.3, 0.4) is 0 Å². The van der Waals surface area contributed by atoms with Gasteiger partial charge in [0.15, 0.2) is 0 Å². The average molecular weight is 470 g/mol. The number of carbonyl (C=O) groups excluding carboxylic acids is 2. The first-order valence-electron chi connectivity index (χ1n) is 11.7. The third-order valence-corrected chi connectivity index (χ3v) is 7.49. The molecule has 33 heavy (non-hydrogen) atoms. The zero-order valence-electron chi connectivity index (χ0n) is 19.4. The summed E-state index contributed by atoms with van der Waals surface area (Å²) in [5.41, 5.74) is 1.54. The summed E-state index contributed by atoms with van der Waals surface area (Å²) in [5, 5.41) is 13.4. The van der Waals surface area contributed by atoms with Gasteiger partial charge in [-0.15, -0.1) is 11.3 Å². The number of rotatable bonds is 7. The Morgan fingerprint density at radius 1 is 1.09 bits per heavy atom. The topological polar surface area (TPSA) is 76.1 Å². The monoisotopic (exact) mass is 469 g/mol. The van der Waals surface area contributed by atoms with Crippen molar-refractivity contribution in [3.63, 3.8) is 0 Å². The van der Waals surface area contributed by atoms with Crippen LogP contribution < -0.4 is 9.47 Å². The summed E-state index contributed by atoms with van der Waals surface area (Å²) in [7, 11) is 0. The Labute approximate surface area is 198 Å². The predicted octanol–water partition coefficient (Wildman–Crippen LogP) is 5.61. The summed E-state index contributed by atoms with van der Waals surface area (Å²) >= 11 is 1.52. The number of ether oxygens (including phenoxy) is 2. The SMILES string of the molecule is CCOc1ccc(/C(O)=C2\C(=O)C(=O)N(C3CCCCC3)C2c2sccc2C)c(OCC)c1. The molecule has 6 nitrogen and oxygen atoms in total. The fraction of sp³-hybridized carbons (Fsp3) is 0.462. The molecule has 2 aromatic rings. The van der Waals surface area contributed by atoms with Crippen LogP contribution in [-0.4, -0.2) is 41.0 Å². The minimum Gasteiger partial charge on any atom is -0.507 e. The lowest BCUT2D eigenvalue weighted by Gasteiger charge is -2.35. The highest BCUT2D eigenvalue weighted by molar-refractivity contribution is 7.10. The van der Waals surface area contributed by atoms with E-state index < -0.39 is 17.7 Å². The molecular weight excluding hydrogens is 438 g/mol. The lowest BCUT2D eigenvalue weighted by atomic mass is 9.92. The molecule has 1 N–H and O–H groups in total. The maximum atomic E-state index is 13.4. The number of thiophene rings is 1. The lowest BCUT2D eigenvalue weighted by molar-refractivity contribution is -0.141. The lowest BCUT2D eigenvalue weighted by Crippen LogP contribution is -2.40. The van der Waals surface area contributed by atoms with Gasteiger partial charge < -0.3 is 19.5 Å². The fourth-order valence-electron chi connectivity index (χ4n) is 4.88. The van der Waals surface area contributed by atoms with Crippen LogP contribution in [-0.2, 0) is 9.59 Å². The summed E-state index contributed by atoms with van der Waals surface area (Å²) in [4.78, 5) is 29.3. The van der Waals surface area contributed by atoms with Crippen molar-refractivity contribution < 1.29 is 24.2 Å². The molecule has 1 aliphatic carbocycles. The van der Waals surface area contributed by atoms with E-state index >= 15 is 0 Å². The molecule has 1 aromatic heterocycles. The summed E-state index contributed by atoms with van der Waals surface area (Å²) in [6.07, 6.45) is 4.98. The summed E-state index contributed by atoms with van der Waals surface area (Å²) in [6.45, 7) is 6.62. The number of aliphatic hydroxyl groups excluding tert-OH is 1. The molecular formula is C26H31NO5S. The normalized spacial score (nSPS) is 20.9. The molecule has 1 amide bonds. The Morgan fingerprint density at radius 2 is 1.82 bits per heavy atom. The molecule has 1 saturated heterocycles. The second-order valence-electron chi connectivity index (χ2n) is 8.49. The van der Waals surface area contributed by atoms with Crippen LogP contribution in [0.2, 0.25) is 0 Å². The van der Waals surface area contributed by atoms with E-state index in [9.17, 15) is 14.7 Å². The molecule has 1 atom stereocenters. The number of hydrogen-bond donors (Lipinski definition) is 1. The predicted molar refractivity (Wildman–Crippen MR) is 129 cm³/mol. The second-order valence-corrected chi connectivity index (χ2v) is 9.44. The number of carbonyl (C=O) groups is 2. The Hall–Kier alpha value is -2.80. The molecule has 7 heteroatoms. The first-order valence-corrected chi connectivity index (χ1v) is 12.6. The Morgan fingerprint density at radius 3 is 2.45 bits per heavy atom. The minimum atomic E-state index is -0.632. The van der Waals surface area contributed by atoms with Crippen molar-refractivity contribution in [2.45, 2.75) is 65.0 Å². The molecule has 0 spiro atoms. The number of aliphatic hydroxyl groups is 1. The van der Waals surface area contributed by atoms with Crippen molar-refractivity contribution in [1.82, 2.24) is 4.90 Å². The number of benzene rings is 1. The molecule has 1 unspecified atom stereocenters. The highest BCUT2D eigenvalue weighted by Crippen LogP contribution is 2.46. The number of hydrogen-bond acceptors (Lipinski definition) is 6. The molecule has 2 fully saturated rings. The van der Waals surface area contributed by atoms with Crippen molar-refractivity contribution in [2.75, 3.05) is 13.2 Å². The molecule has 1 aliphatic heterocycles. The maximum absolute atomic E-state index is 13.4. The first-order chi connectivity index (χ1) is 16.0. The molecule has 0 bridgehead atoms. The molecule has 2 heterocycles. The largest absolute Gasteiger partial charge is 0.507 e. The highest BCUT2D eigenvalue weighted by atomic mass is 32.1. The van der Waals surface area contributed by atoms with E-state index in [4.69, 9.17) is 9.47 Å². The third kappa shape index (κ3) is 4.38. The van der Waals surface area contributed by atoms with Gasteiger partial charge in [0.25, 0.3) is 11.7 Å². The molecule has 4 rings (SSSR count). The van der Waals surface area contributed by atoms with Crippen LogP contribution >= 0.6 is 11.3 Å². The number of Topliss-reactive ketones (excluding diaryl/α,β-unsaturated/α-hetero) is 1. The van der Waals surface area contributed by atoms with Gasteiger partial charge >= 0.3 is 0 Å². The van der Waals surface area contributed by atoms with E-state index in [0.717, 1.165) is 42.5 Å². The van der Waals surface area contributed by atoms with Crippen molar-refractivity contribution in [3.8, 4) is 11.5 Å². The van der Waals surface area contributed by atoms with Gasteiger partial charge in [-0.25, -0.2) is 0 Å². The number of amides is 1. The van der Waals surface area contributed by atoms with Gasteiger partial charge in [-0.1, -0.05) is 19.3 Å². The quantitative estimate of drug-likeness (QED) is 0.324. The van der Waals surface area contributed by atoms with E-state index in [2.05, 4.69) is 0 Å². The highest BCUT2D eigenvalue weighted by Gasteiger charge is 2.49. The van der Waals surface area contributed by atoms with Gasteiger partial charge in [0.1, 0.15) is 23.3 Å². The molecule has 2 aliphatic rings. The van der Waals surface area contributed by atoms with E-state index in [0.29, 0.717) is 30.3 Å². The number of nitrogens with zero attached hydrogens (tertiary/aromatic N) is 1. The van der Waals surface area contributed by atoms with Gasteiger partial charge in [-0.2, -0.15) is 0 Å². The van der Waals surface area contributed by atoms with E-state index in [1.165, 1.54) is 11.3 Å². The van der Waals surface area contributed by atoms with E-state index in [1.54, 1.807) is 23.1 Å². The van der Waals surface area contributed by atoms with Crippen LogP contribution in [0.25, 0.3) is 5.76 Å². The van der Waals surface area contributed by atoms with Crippen molar-refractivity contribution in [3.05, 3.63) is 51.2 Å². The average Bonchev–Trinajstić information content (AvgIpc) is 3.35. The van der Waals surface area contributed by atoms with Crippen molar-refractivity contribution in [2.24, 2.45) is 0 Å². The Bertz CT molecular complexity index is 1070. The molecule has 0 radical (unpaired) electrons. The van der Waals surface area contributed by atoms with Gasteiger partial charge in [-0.3, -0.25) is 9.59 Å². The van der Waals surface area contributed by atoms with Crippen LogP contribution in [0, 0.1) is 6.92 Å². The smallest absolute Gasteiger partial charge is 0.295 e. The Kier molecular flexibility index (Phi) is 7.08. The number of ketones is 1. The van der Waals surface area contributed by atoms with Crippen molar-refractivity contribution in [1.29, 1.82) is 0 Å². The standard InChI is InChI=1S/C26H31NO5S/c1-4-31-18-11-12-19(20(15-18)32-5-2)23(28)21-22(25-16(3)13-14-33-25)27(26(30)24(21)29)17-9-7-6-8-10-17/h11-15,17,22,28H,4-10H2,1-3H3/b23-21+. The van der Waals surface area contributed by atoms with Crippen LogP contribution in [0.15, 0.2) is 35.2 Å². The van der Waals surface area contributed by atoms with Crippen LogP contribution in [0.4, 0.5) is 0 Å². The number of aryl methyl sites for hydroxylation is 1. The van der Waals surface area contributed by atoms with E-state index in [-0.39, 0.29) is 17.4 Å². The first kappa shape index (κ1) is 23.4. The maximum Gasteiger partial charge on any atom is 0.295 e. The zero-order valence-corrected chi connectivity index (χ0v) is 20.2. The van der Waals surface area contributed by atoms with Crippen molar-refractivity contribution >= 4 is 28.8 Å². The molecule has 1 aromatic carbocycles. The van der Waals surface area contributed by atoms with E-state index in [1.807, 2.05) is 32.2 Å². The second kappa shape index (κ2) is 10.00. The summed E-state index contributed by atoms with van der Waals surface area (Å²) in [6, 6.07) is 6.54. The minimum absolute atomic E-state index is 0.00121. The Balaban J connectivity index is 1.87. The molecule has 1 saturated carbocycles. The van der Waals surface area contributed by atoms with Crippen LogP contribution in [0.1, 0.15) is 68.0 Å². The number of likely N-dealkylation sites (tertiary alicyclic amines) is 1. The summed E-state index contributed by atoms with van der Waals surface area (Å²) < 4.78 is 11.4. The van der Waals surface area contributed by atoms with Crippen LogP contribution in [0.5, 0.6) is 11.5 Å². The third-order valence-electron chi connectivity index (χ3n) is 6.42. The van der Waals surface area contributed by atoms with Gasteiger partial charge in [-0.05, 0) is 62.8 Å². The fourth-order valence-corrected chi connectivity index (χ4v) is 5.92. The zero-order chi connectivity index (χ0) is 23.5.